The Morgan fingerprint density at radius 2 is 2.22 bits per heavy atom. The maximum atomic E-state index is 11.6. The molecule has 1 atom stereocenters. The molecule has 0 bridgehead atoms. The van der Waals surface area contributed by atoms with Gasteiger partial charge in [0.2, 0.25) is 11.8 Å². The van der Waals surface area contributed by atoms with E-state index in [-0.39, 0.29) is 43.8 Å². The van der Waals surface area contributed by atoms with Crippen molar-refractivity contribution in [3.63, 3.8) is 0 Å². The molecule has 1 heterocycles. The average molecular weight is 258 g/mol. The third-order valence-electron chi connectivity index (χ3n) is 2.72. The van der Waals surface area contributed by atoms with Crippen LogP contribution in [0.4, 0.5) is 0 Å². The summed E-state index contributed by atoms with van der Waals surface area (Å²) < 4.78 is 5.03. The molecule has 0 spiro atoms. The zero-order valence-corrected chi connectivity index (χ0v) is 10.3. The smallest absolute Gasteiger partial charge is 0.305 e. The van der Waals surface area contributed by atoms with Gasteiger partial charge in [0.15, 0.2) is 0 Å². The van der Waals surface area contributed by atoms with E-state index in [1.54, 1.807) is 7.05 Å². The lowest BCUT2D eigenvalue weighted by molar-refractivity contribution is -0.138. The largest absolute Gasteiger partial charge is 0.481 e. The molecule has 7 heteroatoms. The fourth-order valence-electron chi connectivity index (χ4n) is 1.69. The number of carbonyl (C=O) groups excluding carboxylic acids is 2. The van der Waals surface area contributed by atoms with E-state index in [1.165, 1.54) is 4.90 Å². The minimum Gasteiger partial charge on any atom is -0.481 e. The Balaban J connectivity index is 2.07. The molecule has 0 saturated carbocycles. The van der Waals surface area contributed by atoms with Gasteiger partial charge in [-0.05, 0) is 0 Å². The van der Waals surface area contributed by atoms with Crippen molar-refractivity contribution in [1.29, 1.82) is 0 Å². The highest BCUT2D eigenvalue weighted by Crippen LogP contribution is 2.15. The first-order chi connectivity index (χ1) is 8.50. The summed E-state index contributed by atoms with van der Waals surface area (Å²) in [5.41, 5.74) is 0. The van der Waals surface area contributed by atoms with Gasteiger partial charge < -0.3 is 20.1 Å². The Kier molecular flexibility index (Phi) is 5.57. The van der Waals surface area contributed by atoms with Crippen LogP contribution in [0.2, 0.25) is 0 Å². The summed E-state index contributed by atoms with van der Waals surface area (Å²) in [6, 6.07) is 0. The molecule has 18 heavy (non-hydrogen) atoms. The summed E-state index contributed by atoms with van der Waals surface area (Å²) in [5.74, 6) is -1.38. The minimum atomic E-state index is -0.911. The molecular weight excluding hydrogens is 240 g/mol. The van der Waals surface area contributed by atoms with Crippen molar-refractivity contribution in [1.82, 2.24) is 10.2 Å². The van der Waals surface area contributed by atoms with Crippen molar-refractivity contribution in [2.75, 3.05) is 33.4 Å². The third kappa shape index (κ3) is 4.70. The van der Waals surface area contributed by atoms with E-state index >= 15 is 0 Å². The van der Waals surface area contributed by atoms with Crippen LogP contribution in [0.3, 0.4) is 0 Å². The van der Waals surface area contributed by atoms with Gasteiger partial charge in [0.1, 0.15) is 0 Å². The molecule has 1 saturated heterocycles. The van der Waals surface area contributed by atoms with Crippen LogP contribution in [-0.4, -0.2) is 61.1 Å². The number of amides is 2. The zero-order chi connectivity index (χ0) is 13.5. The molecule has 0 aromatic carbocycles. The predicted molar refractivity (Wildman–Crippen MR) is 61.8 cm³/mol. The molecule has 1 unspecified atom stereocenters. The Hall–Kier alpha value is -1.63. The maximum Gasteiger partial charge on any atom is 0.305 e. The monoisotopic (exact) mass is 258 g/mol. The minimum absolute atomic E-state index is 0.0205. The highest BCUT2D eigenvalue weighted by Gasteiger charge is 2.31. The van der Waals surface area contributed by atoms with Crippen LogP contribution < -0.4 is 5.32 Å². The fourth-order valence-corrected chi connectivity index (χ4v) is 1.69. The Labute approximate surface area is 105 Å². The van der Waals surface area contributed by atoms with Gasteiger partial charge >= 0.3 is 5.97 Å². The Morgan fingerprint density at radius 1 is 1.50 bits per heavy atom. The second-order valence-electron chi connectivity index (χ2n) is 4.22. The number of nitrogens with one attached hydrogen (secondary N) is 1. The van der Waals surface area contributed by atoms with Crippen molar-refractivity contribution in [2.45, 2.75) is 12.8 Å². The Bertz CT molecular complexity index is 331. The first-order valence-corrected chi connectivity index (χ1v) is 5.82. The molecule has 0 aromatic rings. The molecule has 2 N–H and O–H groups in total. The van der Waals surface area contributed by atoms with Crippen molar-refractivity contribution in [2.24, 2.45) is 5.92 Å². The van der Waals surface area contributed by atoms with E-state index in [2.05, 4.69) is 5.32 Å². The molecule has 7 nitrogen and oxygen atoms in total. The fraction of sp³-hybridized carbons (Fsp3) is 0.727. The van der Waals surface area contributed by atoms with Gasteiger partial charge in [0, 0.05) is 26.6 Å². The maximum absolute atomic E-state index is 11.6. The van der Waals surface area contributed by atoms with E-state index < -0.39 is 5.97 Å². The second kappa shape index (κ2) is 6.95. The lowest BCUT2D eigenvalue weighted by Crippen LogP contribution is -2.34. The normalized spacial score (nSPS) is 19.1. The third-order valence-corrected chi connectivity index (χ3v) is 2.72. The predicted octanol–water partition coefficient (Wildman–Crippen LogP) is -0.928. The summed E-state index contributed by atoms with van der Waals surface area (Å²) in [6.45, 7) is 1.18. The molecule has 1 aliphatic rings. The Morgan fingerprint density at radius 3 is 2.78 bits per heavy atom. The summed E-state index contributed by atoms with van der Waals surface area (Å²) in [6.07, 6.45) is 0.206. The zero-order valence-electron chi connectivity index (χ0n) is 10.3. The molecule has 2 amide bonds. The lowest BCUT2D eigenvalue weighted by Gasteiger charge is -2.11. The molecule has 1 rings (SSSR count). The van der Waals surface area contributed by atoms with Crippen LogP contribution in [0.25, 0.3) is 0 Å². The van der Waals surface area contributed by atoms with Crippen molar-refractivity contribution >= 4 is 17.8 Å². The average Bonchev–Trinajstić information content (AvgIpc) is 2.63. The van der Waals surface area contributed by atoms with Gasteiger partial charge in [-0.15, -0.1) is 0 Å². The van der Waals surface area contributed by atoms with Gasteiger partial charge in [0.25, 0.3) is 0 Å². The van der Waals surface area contributed by atoms with Crippen LogP contribution >= 0.6 is 0 Å². The van der Waals surface area contributed by atoms with Crippen LogP contribution in [0.15, 0.2) is 0 Å². The van der Waals surface area contributed by atoms with Crippen LogP contribution in [0.5, 0.6) is 0 Å². The molecule has 0 aliphatic carbocycles. The summed E-state index contributed by atoms with van der Waals surface area (Å²) in [5, 5.41) is 11.0. The number of carbonyl (C=O) groups is 3. The first-order valence-electron chi connectivity index (χ1n) is 5.82. The number of hydrogen-bond donors (Lipinski definition) is 2. The van der Waals surface area contributed by atoms with Crippen LogP contribution in [0, 0.1) is 5.92 Å². The van der Waals surface area contributed by atoms with Crippen molar-refractivity contribution < 1.29 is 24.2 Å². The summed E-state index contributed by atoms with van der Waals surface area (Å²) in [4.78, 5) is 34.6. The number of carboxylic acid groups (broad SMARTS) is 1. The van der Waals surface area contributed by atoms with E-state index in [1.807, 2.05) is 0 Å². The molecule has 1 fully saturated rings. The first kappa shape index (κ1) is 14.4. The van der Waals surface area contributed by atoms with Crippen molar-refractivity contribution in [3.8, 4) is 0 Å². The summed E-state index contributed by atoms with van der Waals surface area (Å²) in [7, 11) is 1.67. The topological polar surface area (TPSA) is 95.9 Å². The van der Waals surface area contributed by atoms with E-state index in [9.17, 15) is 14.4 Å². The van der Waals surface area contributed by atoms with Gasteiger partial charge in [-0.1, -0.05) is 0 Å². The molecular formula is C11H18N2O5. The number of nitrogens with zero attached hydrogens (tertiary/aromatic N) is 1. The quantitative estimate of drug-likeness (QED) is 0.575. The number of rotatable bonds is 7. The van der Waals surface area contributed by atoms with Gasteiger partial charge in [-0.3, -0.25) is 14.4 Å². The highest BCUT2D eigenvalue weighted by atomic mass is 16.5. The molecule has 0 radical (unpaired) electrons. The number of aliphatic carboxylic acids is 1. The van der Waals surface area contributed by atoms with Gasteiger partial charge in [-0.2, -0.15) is 0 Å². The lowest BCUT2D eigenvalue weighted by atomic mass is 10.1. The molecule has 0 aromatic heterocycles. The molecule has 102 valence electrons. The second-order valence-corrected chi connectivity index (χ2v) is 4.22. The SMILES string of the molecule is CN1CC(C(=O)NCCOCCC(=O)O)CC1=O. The number of ether oxygens (including phenoxy) is 1. The number of carboxylic acids is 1. The van der Waals surface area contributed by atoms with E-state index in [0.717, 1.165) is 0 Å². The van der Waals surface area contributed by atoms with Crippen LogP contribution in [-0.2, 0) is 19.1 Å². The van der Waals surface area contributed by atoms with Crippen molar-refractivity contribution in [3.05, 3.63) is 0 Å². The molecule has 1 aliphatic heterocycles. The number of likely N-dealkylation sites (tertiary alicyclic amines) is 1. The number of hydrogen-bond acceptors (Lipinski definition) is 4. The summed E-state index contributed by atoms with van der Waals surface area (Å²) >= 11 is 0. The van der Waals surface area contributed by atoms with Crippen LogP contribution in [0.1, 0.15) is 12.8 Å². The van der Waals surface area contributed by atoms with Gasteiger partial charge in [0.05, 0.1) is 25.6 Å². The standard InChI is InChI=1S/C11H18N2O5/c1-13-7-8(6-9(13)14)11(17)12-3-5-18-4-2-10(15)16/h8H,2-7H2,1H3,(H,12,17)(H,15,16). The van der Waals surface area contributed by atoms with E-state index in [0.29, 0.717) is 13.1 Å². The van der Waals surface area contributed by atoms with E-state index in [4.69, 9.17) is 9.84 Å². The highest BCUT2D eigenvalue weighted by molar-refractivity contribution is 5.89. The van der Waals surface area contributed by atoms with Gasteiger partial charge in [-0.25, -0.2) is 0 Å².